The quantitative estimate of drug-likeness (QED) is 0.570. The van der Waals surface area contributed by atoms with Crippen molar-refractivity contribution in [2.45, 2.75) is 13.5 Å². The van der Waals surface area contributed by atoms with Gasteiger partial charge in [0.25, 0.3) is 5.91 Å². The maximum atomic E-state index is 14.4. The van der Waals surface area contributed by atoms with Crippen molar-refractivity contribution in [2.24, 2.45) is 0 Å². The molecule has 1 aliphatic heterocycles. The van der Waals surface area contributed by atoms with Crippen LogP contribution in [-0.2, 0) is 11.3 Å². The lowest BCUT2D eigenvalue weighted by Gasteiger charge is -2.09. The van der Waals surface area contributed by atoms with Gasteiger partial charge >= 0.3 is 0 Å². The summed E-state index contributed by atoms with van der Waals surface area (Å²) in [5.74, 6) is -1.25. The predicted octanol–water partition coefficient (Wildman–Crippen LogP) is 4.08. The smallest absolute Gasteiger partial charge is 0.257 e. The summed E-state index contributed by atoms with van der Waals surface area (Å²) in [5.41, 5.74) is 3.55. The number of carbonyl (C=O) groups is 1. The molecule has 8 heteroatoms. The molecule has 29 heavy (non-hydrogen) atoms. The molecule has 2 heterocycles. The maximum absolute atomic E-state index is 14.4. The zero-order valence-electron chi connectivity index (χ0n) is 15.5. The first-order valence-corrected chi connectivity index (χ1v) is 8.88. The van der Waals surface area contributed by atoms with Crippen molar-refractivity contribution >= 4 is 28.5 Å². The van der Waals surface area contributed by atoms with E-state index in [2.05, 4.69) is 25.9 Å². The number of carbonyl (C=O) groups excluding carboxylic acids is 1. The first-order valence-electron chi connectivity index (χ1n) is 8.88. The third-order valence-corrected chi connectivity index (χ3v) is 4.41. The lowest BCUT2D eigenvalue weighted by Crippen LogP contribution is -2.06. The molecule has 2 aromatic carbocycles. The number of fused-ring (bicyclic) bond motifs is 1. The van der Waals surface area contributed by atoms with Crippen LogP contribution in [-0.4, -0.2) is 15.9 Å². The van der Waals surface area contributed by atoms with Crippen LogP contribution < -0.4 is 16.0 Å². The molecule has 1 amide bonds. The number of halogens is 2. The number of hydrogen-bond donors (Lipinski definition) is 3. The van der Waals surface area contributed by atoms with Gasteiger partial charge in [-0.1, -0.05) is 0 Å². The van der Waals surface area contributed by atoms with E-state index in [-0.39, 0.29) is 11.5 Å². The van der Waals surface area contributed by atoms with Crippen molar-refractivity contribution in [2.75, 3.05) is 16.0 Å². The van der Waals surface area contributed by atoms with Crippen LogP contribution in [0.25, 0.3) is 5.57 Å². The Hall–Kier alpha value is -3.81. The van der Waals surface area contributed by atoms with Gasteiger partial charge in [0.15, 0.2) is 0 Å². The molecule has 1 aromatic heterocycles. The van der Waals surface area contributed by atoms with Gasteiger partial charge in [0.05, 0.1) is 35.4 Å². The van der Waals surface area contributed by atoms with Crippen molar-refractivity contribution in [3.05, 3.63) is 83.6 Å². The van der Waals surface area contributed by atoms with Crippen LogP contribution in [0.15, 0.2) is 55.0 Å². The Morgan fingerprint density at radius 1 is 1.10 bits per heavy atom. The molecule has 0 bridgehead atoms. The largest absolute Gasteiger partial charge is 0.377 e. The fourth-order valence-electron chi connectivity index (χ4n) is 2.90. The van der Waals surface area contributed by atoms with E-state index < -0.39 is 11.6 Å². The van der Waals surface area contributed by atoms with Crippen molar-refractivity contribution in [1.82, 2.24) is 9.97 Å². The highest BCUT2D eigenvalue weighted by molar-refractivity contribution is 6.31. The van der Waals surface area contributed by atoms with Gasteiger partial charge in [0.2, 0.25) is 0 Å². The summed E-state index contributed by atoms with van der Waals surface area (Å²) in [7, 11) is 0. The van der Waals surface area contributed by atoms with Crippen molar-refractivity contribution in [1.29, 1.82) is 0 Å². The average Bonchev–Trinajstić information content (AvgIpc) is 3.01. The lowest BCUT2D eigenvalue weighted by molar-refractivity contribution is -0.110. The first-order chi connectivity index (χ1) is 14.0. The summed E-state index contributed by atoms with van der Waals surface area (Å²) in [6.45, 7) is 2.18. The van der Waals surface area contributed by atoms with Crippen LogP contribution in [0.5, 0.6) is 0 Å². The molecule has 3 aromatic rings. The van der Waals surface area contributed by atoms with Crippen LogP contribution in [0.3, 0.4) is 0 Å². The van der Waals surface area contributed by atoms with Crippen LogP contribution in [0.4, 0.5) is 25.8 Å². The maximum Gasteiger partial charge on any atom is 0.257 e. The summed E-state index contributed by atoms with van der Waals surface area (Å²) in [6.07, 6.45) is 4.72. The highest BCUT2D eigenvalue weighted by Crippen LogP contribution is 2.32. The van der Waals surface area contributed by atoms with E-state index >= 15 is 0 Å². The van der Waals surface area contributed by atoms with E-state index in [1.807, 2.05) is 6.92 Å². The Kier molecular flexibility index (Phi) is 4.90. The molecule has 0 saturated carbocycles. The van der Waals surface area contributed by atoms with Gasteiger partial charge < -0.3 is 16.0 Å². The molecule has 0 unspecified atom stereocenters. The van der Waals surface area contributed by atoms with Gasteiger partial charge in [-0.25, -0.2) is 8.78 Å². The van der Waals surface area contributed by atoms with Gasteiger partial charge in [0, 0.05) is 29.3 Å². The third-order valence-electron chi connectivity index (χ3n) is 4.41. The van der Waals surface area contributed by atoms with E-state index in [1.54, 1.807) is 24.5 Å². The second-order valence-corrected chi connectivity index (χ2v) is 6.54. The molecule has 0 saturated heterocycles. The number of hydrogen-bond acceptors (Lipinski definition) is 5. The molecule has 146 valence electrons. The zero-order valence-corrected chi connectivity index (χ0v) is 15.5. The van der Waals surface area contributed by atoms with Crippen LogP contribution in [0, 0.1) is 18.6 Å². The minimum absolute atomic E-state index is 0.278. The van der Waals surface area contributed by atoms with Crippen molar-refractivity contribution in [3.8, 4) is 0 Å². The van der Waals surface area contributed by atoms with Gasteiger partial charge in [-0.2, -0.15) is 0 Å². The molecule has 0 radical (unpaired) electrons. The molecule has 0 atom stereocenters. The Bertz CT molecular complexity index is 1110. The number of rotatable bonds is 5. The highest BCUT2D eigenvalue weighted by Gasteiger charge is 2.24. The topological polar surface area (TPSA) is 78.9 Å². The molecule has 0 spiro atoms. The standard InChI is InChI=1S/C21H17F2N5O/c1-12-8-25-15(9-24-12)10-27-20-5-3-14(7-18(20)23)26-11-17-16-6-13(22)2-4-19(16)28-21(17)29/h2-9,11,26-27H,10H2,1H3,(H,28,29)/b17-11+. The van der Waals surface area contributed by atoms with Crippen LogP contribution in [0.1, 0.15) is 17.0 Å². The Labute approximate surface area is 165 Å². The van der Waals surface area contributed by atoms with E-state index in [0.29, 0.717) is 34.9 Å². The highest BCUT2D eigenvalue weighted by atomic mass is 19.1. The van der Waals surface area contributed by atoms with Crippen LogP contribution in [0.2, 0.25) is 0 Å². The Balaban J connectivity index is 1.46. The summed E-state index contributed by atoms with van der Waals surface area (Å²) in [4.78, 5) is 20.5. The second kappa shape index (κ2) is 7.67. The normalized spacial score (nSPS) is 13.9. The molecular formula is C21H17F2N5O. The van der Waals surface area contributed by atoms with E-state index in [4.69, 9.17) is 0 Å². The minimum atomic E-state index is -0.462. The van der Waals surface area contributed by atoms with E-state index in [1.165, 1.54) is 30.5 Å². The minimum Gasteiger partial charge on any atom is -0.377 e. The second-order valence-electron chi connectivity index (χ2n) is 6.54. The van der Waals surface area contributed by atoms with Gasteiger partial charge in [-0.3, -0.25) is 14.8 Å². The Morgan fingerprint density at radius 2 is 1.97 bits per heavy atom. The van der Waals surface area contributed by atoms with Gasteiger partial charge in [-0.15, -0.1) is 0 Å². The number of anilines is 3. The molecule has 1 aliphatic rings. The predicted molar refractivity (Wildman–Crippen MR) is 107 cm³/mol. The molecule has 0 aliphatic carbocycles. The molecule has 3 N–H and O–H groups in total. The van der Waals surface area contributed by atoms with E-state index in [0.717, 1.165) is 5.69 Å². The number of nitrogens with zero attached hydrogens (tertiary/aromatic N) is 2. The monoisotopic (exact) mass is 393 g/mol. The number of amides is 1. The lowest BCUT2D eigenvalue weighted by atomic mass is 10.1. The summed E-state index contributed by atoms with van der Waals surface area (Å²) in [5, 5.41) is 8.52. The number of aromatic nitrogens is 2. The zero-order chi connectivity index (χ0) is 20.4. The van der Waals surface area contributed by atoms with Crippen molar-refractivity contribution in [3.63, 3.8) is 0 Å². The van der Waals surface area contributed by atoms with E-state index in [9.17, 15) is 13.6 Å². The average molecular weight is 393 g/mol. The summed E-state index contributed by atoms with van der Waals surface area (Å²) >= 11 is 0. The summed E-state index contributed by atoms with van der Waals surface area (Å²) < 4.78 is 27.9. The molecule has 4 rings (SSSR count). The molecule has 6 nitrogen and oxygen atoms in total. The fourth-order valence-corrected chi connectivity index (χ4v) is 2.90. The molecule has 0 fully saturated rings. The van der Waals surface area contributed by atoms with Crippen LogP contribution >= 0.6 is 0 Å². The van der Waals surface area contributed by atoms with Gasteiger partial charge in [-0.05, 0) is 43.3 Å². The number of nitrogens with one attached hydrogen (secondary N) is 3. The van der Waals surface area contributed by atoms with Gasteiger partial charge in [0.1, 0.15) is 11.6 Å². The molecular weight excluding hydrogens is 376 g/mol. The summed E-state index contributed by atoms with van der Waals surface area (Å²) in [6, 6.07) is 8.62. The fraction of sp³-hybridized carbons (Fsp3) is 0.0952. The Morgan fingerprint density at radius 3 is 2.72 bits per heavy atom. The first kappa shape index (κ1) is 18.5. The SMILES string of the molecule is Cc1cnc(CNc2ccc(N/C=C3/C(=O)Nc4ccc(F)cc43)cc2F)cn1. The third kappa shape index (κ3) is 4.06. The number of benzene rings is 2. The van der Waals surface area contributed by atoms with Crippen molar-refractivity contribution < 1.29 is 13.6 Å². The number of aryl methyl sites for hydroxylation is 1.